The van der Waals surface area contributed by atoms with Crippen LogP contribution < -0.4 is 4.74 Å². The summed E-state index contributed by atoms with van der Waals surface area (Å²) < 4.78 is 38.4. The maximum atomic E-state index is 13.0. The Morgan fingerprint density at radius 3 is 2.82 bits per heavy atom. The highest BCUT2D eigenvalue weighted by Gasteiger charge is 2.23. The second-order valence-electron chi connectivity index (χ2n) is 6.78. The number of rotatable bonds is 5. The minimum atomic E-state index is -3.08. The molecule has 0 bridgehead atoms. The van der Waals surface area contributed by atoms with E-state index in [0.29, 0.717) is 22.3 Å². The second kappa shape index (κ2) is 8.10. The van der Waals surface area contributed by atoms with Crippen molar-refractivity contribution in [2.45, 2.75) is 6.61 Å². The van der Waals surface area contributed by atoms with E-state index in [1.54, 1.807) is 41.4 Å². The molecule has 0 spiro atoms. The molecule has 4 heterocycles. The highest BCUT2D eigenvalue weighted by atomic mass is 35.5. The highest BCUT2D eigenvalue weighted by molar-refractivity contribution is 6.30. The molecule has 5 aromatic rings. The third-order valence-electron chi connectivity index (χ3n) is 4.85. The minimum Gasteiger partial charge on any atom is -0.464 e. The smallest absolute Gasteiger partial charge is 0.387 e. The predicted molar refractivity (Wildman–Crippen MR) is 114 cm³/mol. The van der Waals surface area contributed by atoms with E-state index in [1.165, 1.54) is 30.0 Å². The number of fused-ring (bicyclic) bond motifs is 2. The standard InChI is InChI=1S/C21H13ClF2N6O3/c1-32-20(31)18-17-15(30(28-18)14-8-12(22)3-4-16(14)33-21(23)24)7-11(9-26-17)13-10-27-29-6-2-5-25-19(13)29/h2-10,21H,1H3. The molecule has 12 heteroatoms. The van der Waals surface area contributed by atoms with E-state index in [-0.39, 0.29) is 27.7 Å². The van der Waals surface area contributed by atoms with Crippen LogP contribution in [-0.2, 0) is 4.74 Å². The maximum Gasteiger partial charge on any atom is 0.387 e. The Morgan fingerprint density at radius 1 is 1.18 bits per heavy atom. The van der Waals surface area contributed by atoms with Crippen LogP contribution in [0.3, 0.4) is 0 Å². The molecule has 0 aliphatic rings. The average molecular weight is 471 g/mol. The summed E-state index contributed by atoms with van der Waals surface area (Å²) in [5, 5.41) is 8.81. The van der Waals surface area contributed by atoms with Gasteiger partial charge in [0.2, 0.25) is 0 Å². The topological polar surface area (TPSA) is 96.4 Å². The van der Waals surface area contributed by atoms with Crippen molar-refractivity contribution in [1.29, 1.82) is 0 Å². The molecule has 0 radical (unpaired) electrons. The van der Waals surface area contributed by atoms with Gasteiger partial charge in [0.15, 0.2) is 17.1 Å². The molecule has 0 saturated heterocycles. The van der Waals surface area contributed by atoms with Crippen molar-refractivity contribution in [3.05, 3.63) is 65.8 Å². The number of pyridine rings is 1. The SMILES string of the molecule is COC(=O)c1nn(-c2cc(Cl)ccc2OC(F)F)c2cc(-c3cnn4cccnc34)cnc12. The van der Waals surface area contributed by atoms with Crippen LogP contribution in [0.15, 0.2) is 55.1 Å². The Hall–Kier alpha value is -4.12. The monoisotopic (exact) mass is 470 g/mol. The number of benzene rings is 1. The fourth-order valence-corrected chi connectivity index (χ4v) is 3.61. The van der Waals surface area contributed by atoms with Gasteiger partial charge in [-0.1, -0.05) is 11.6 Å². The first-order valence-corrected chi connectivity index (χ1v) is 9.84. The first-order chi connectivity index (χ1) is 16.0. The molecule has 5 rings (SSSR count). The van der Waals surface area contributed by atoms with Gasteiger partial charge in [-0.3, -0.25) is 4.98 Å². The maximum absolute atomic E-state index is 13.0. The van der Waals surface area contributed by atoms with Gasteiger partial charge in [-0.15, -0.1) is 0 Å². The van der Waals surface area contributed by atoms with Gasteiger partial charge in [-0.2, -0.15) is 19.0 Å². The molecule has 0 unspecified atom stereocenters. The molecule has 9 nitrogen and oxygen atoms in total. The van der Waals surface area contributed by atoms with Crippen LogP contribution in [0.4, 0.5) is 8.78 Å². The van der Waals surface area contributed by atoms with Crippen molar-refractivity contribution in [1.82, 2.24) is 29.4 Å². The minimum absolute atomic E-state index is 0.0971. The van der Waals surface area contributed by atoms with Crippen LogP contribution in [0.2, 0.25) is 5.02 Å². The summed E-state index contributed by atoms with van der Waals surface area (Å²) in [5.74, 6) is -0.923. The van der Waals surface area contributed by atoms with Crippen LogP contribution >= 0.6 is 11.6 Å². The predicted octanol–water partition coefficient (Wildman–Crippen LogP) is 4.17. The number of halogens is 3. The van der Waals surface area contributed by atoms with Gasteiger partial charge in [0, 0.05) is 34.7 Å². The summed E-state index contributed by atoms with van der Waals surface area (Å²) in [6, 6.07) is 7.54. The van der Waals surface area contributed by atoms with Gasteiger partial charge in [-0.05, 0) is 30.3 Å². The Bertz CT molecular complexity index is 1520. The number of hydrogen-bond acceptors (Lipinski definition) is 7. The van der Waals surface area contributed by atoms with Crippen LogP contribution in [0.1, 0.15) is 10.5 Å². The third kappa shape index (κ3) is 3.61. The zero-order valence-electron chi connectivity index (χ0n) is 16.8. The summed E-state index contributed by atoms with van der Waals surface area (Å²) in [6.07, 6.45) is 6.54. The van der Waals surface area contributed by atoms with Gasteiger partial charge in [0.05, 0.1) is 18.8 Å². The van der Waals surface area contributed by atoms with Gasteiger partial charge in [-0.25, -0.2) is 19.0 Å². The molecule has 166 valence electrons. The molecule has 0 atom stereocenters. The number of alkyl halides is 2. The normalized spacial score (nSPS) is 11.4. The van der Waals surface area contributed by atoms with Crippen molar-refractivity contribution >= 4 is 34.3 Å². The quantitative estimate of drug-likeness (QED) is 0.356. The molecular formula is C21H13ClF2N6O3. The number of carbonyl (C=O) groups is 1. The van der Waals surface area contributed by atoms with E-state index < -0.39 is 12.6 Å². The third-order valence-corrected chi connectivity index (χ3v) is 5.09. The fraction of sp³-hybridized carbons (Fsp3) is 0.0952. The fourth-order valence-electron chi connectivity index (χ4n) is 3.45. The van der Waals surface area contributed by atoms with E-state index >= 15 is 0 Å². The van der Waals surface area contributed by atoms with Crippen molar-refractivity contribution in [2.75, 3.05) is 7.11 Å². The number of carbonyl (C=O) groups excluding carboxylic acids is 1. The summed E-state index contributed by atoms with van der Waals surface area (Å²) >= 11 is 6.12. The van der Waals surface area contributed by atoms with Gasteiger partial charge < -0.3 is 9.47 Å². The summed E-state index contributed by atoms with van der Waals surface area (Å²) in [6.45, 7) is -3.08. The molecule has 4 aromatic heterocycles. The van der Waals surface area contributed by atoms with Crippen LogP contribution in [0.25, 0.3) is 33.5 Å². The van der Waals surface area contributed by atoms with Crippen LogP contribution in [-0.4, -0.2) is 49.1 Å². The van der Waals surface area contributed by atoms with Gasteiger partial charge in [0.1, 0.15) is 11.2 Å². The zero-order chi connectivity index (χ0) is 23.1. The number of esters is 1. The van der Waals surface area contributed by atoms with Crippen molar-refractivity contribution in [3.8, 4) is 22.6 Å². The molecule has 1 aromatic carbocycles. The molecule has 0 fully saturated rings. The van der Waals surface area contributed by atoms with E-state index in [1.807, 2.05) is 0 Å². The Morgan fingerprint density at radius 2 is 2.03 bits per heavy atom. The summed E-state index contributed by atoms with van der Waals surface area (Å²) in [4.78, 5) is 21.1. The molecule has 0 amide bonds. The van der Waals surface area contributed by atoms with Gasteiger partial charge in [0.25, 0.3) is 0 Å². The largest absolute Gasteiger partial charge is 0.464 e. The average Bonchev–Trinajstić information content (AvgIpc) is 3.41. The Labute approximate surface area is 189 Å². The van der Waals surface area contributed by atoms with Crippen molar-refractivity contribution in [2.24, 2.45) is 0 Å². The number of nitrogens with zero attached hydrogens (tertiary/aromatic N) is 6. The molecular weight excluding hydrogens is 458 g/mol. The lowest BCUT2D eigenvalue weighted by Crippen LogP contribution is -2.08. The molecule has 0 saturated carbocycles. The number of ether oxygens (including phenoxy) is 2. The van der Waals surface area contributed by atoms with Gasteiger partial charge >= 0.3 is 12.6 Å². The Kier molecular flexibility index (Phi) is 5.09. The van der Waals surface area contributed by atoms with E-state index in [4.69, 9.17) is 16.3 Å². The van der Waals surface area contributed by atoms with Crippen LogP contribution in [0, 0.1) is 0 Å². The highest BCUT2D eigenvalue weighted by Crippen LogP contribution is 2.33. The van der Waals surface area contributed by atoms with E-state index in [9.17, 15) is 13.6 Å². The lowest BCUT2D eigenvalue weighted by Gasteiger charge is -2.12. The zero-order valence-corrected chi connectivity index (χ0v) is 17.6. The van der Waals surface area contributed by atoms with E-state index in [0.717, 1.165) is 0 Å². The molecule has 0 N–H and O–H groups in total. The Balaban J connectivity index is 1.78. The summed E-state index contributed by atoms with van der Waals surface area (Å²) in [7, 11) is 1.21. The van der Waals surface area contributed by atoms with E-state index in [2.05, 4.69) is 24.9 Å². The number of hydrogen-bond donors (Lipinski definition) is 0. The number of methoxy groups -OCH3 is 1. The van der Waals surface area contributed by atoms with Crippen molar-refractivity contribution in [3.63, 3.8) is 0 Å². The first-order valence-electron chi connectivity index (χ1n) is 9.47. The lowest BCUT2D eigenvalue weighted by atomic mass is 10.1. The van der Waals surface area contributed by atoms with Crippen LogP contribution in [0.5, 0.6) is 5.75 Å². The summed E-state index contributed by atoms with van der Waals surface area (Å²) in [5.41, 5.74) is 2.42. The first kappa shape index (κ1) is 20.8. The lowest BCUT2D eigenvalue weighted by molar-refractivity contribution is -0.0498. The molecule has 33 heavy (non-hydrogen) atoms. The second-order valence-corrected chi connectivity index (χ2v) is 7.22. The van der Waals surface area contributed by atoms with Crippen molar-refractivity contribution < 1.29 is 23.0 Å². The number of aromatic nitrogens is 6. The molecule has 0 aliphatic heterocycles. The molecule has 0 aliphatic carbocycles.